The van der Waals surface area contributed by atoms with Crippen LogP contribution in [-0.2, 0) is 11.3 Å². The Hall–Kier alpha value is -2.08. The van der Waals surface area contributed by atoms with Crippen LogP contribution in [0.1, 0.15) is 10.7 Å². The highest BCUT2D eigenvalue weighted by Gasteiger charge is 2.15. The molecule has 0 unspecified atom stereocenters. The number of aryl methyl sites for hydroxylation is 1. The monoisotopic (exact) mass is 275 g/mol. The zero-order valence-corrected chi connectivity index (χ0v) is 11.2. The first kappa shape index (κ1) is 12.0. The molecule has 2 aromatic rings. The summed E-state index contributed by atoms with van der Waals surface area (Å²) in [4.78, 5) is 15.6. The van der Waals surface area contributed by atoms with E-state index in [1.807, 2.05) is 30.5 Å². The van der Waals surface area contributed by atoms with Crippen LogP contribution in [0.5, 0.6) is 5.75 Å². The highest BCUT2D eigenvalue weighted by Crippen LogP contribution is 2.30. The van der Waals surface area contributed by atoms with Gasteiger partial charge in [0.05, 0.1) is 12.2 Å². The lowest BCUT2D eigenvalue weighted by Crippen LogP contribution is -2.25. The fraction of sp³-hybridized carbons (Fsp3) is 0.231. The maximum Gasteiger partial charge on any atom is 0.262 e. The highest BCUT2D eigenvalue weighted by atomic mass is 32.1. The Kier molecular flexibility index (Phi) is 3.08. The summed E-state index contributed by atoms with van der Waals surface area (Å²) in [5.41, 5.74) is 2.70. The second-order valence-corrected chi connectivity index (χ2v) is 5.23. The number of nitrogens with one attached hydrogen (secondary N) is 2. The lowest BCUT2D eigenvalue weighted by Gasteiger charge is -2.18. The molecule has 0 aliphatic carbocycles. The van der Waals surface area contributed by atoms with Crippen molar-refractivity contribution in [2.45, 2.75) is 13.5 Å². The van der Waals surface area contributed by atoms with Crippen molar-refractivity contribution in [3.05, 3.63) is 34.3 Å². The Bertz CT molecular complexity index is 624. The number of carbonyl (C=O) groups excluding carboxylic acids is 1. The van der Waals surface area contributed by atoms with Crippen molar-refractivity contribution < 1.29 is 9.53 Å². The number of nitrogens with zero attached hydrogens (tertiary/aromatic N) is 1. The molecule has 6 heteroatoms. The molecule has 2 heterocycles. The number of amides is 1. The summed E-state index contributed by atoms with van der Waals surface area (Å²) >= 11 is 1.64. The number of thiazole rings is 1. The molecule has 98 valence electrons. The summed E-state index contributed by atoms with van der Waals surface area (Å²) < 4.78 is 5.37. The molecule has 1 aromatic heterocycles. The maximum absolute atomic E-state index is 11.2. The number of benzene rings is 1. The van der Waals surface area contributed by atoms with Crippen LogP contribution in [0.4, 0.5) is 11.4 Å². The standard InChI is InChI=1S/C13H13N3O2S/c1-8-7-19-13(15-8)5-14-9-2-3-10-11(4-9)18-6-12(17)16-10/h2-4,7,14H,5-6H2,1H3,(H,16,17). The van der Waals surface area contributed by atoms with Crippen molar-refractivity contribution in [1.82, 2.24) is 4.98 Å². The van der Waals surface area contributed by atoms with Gasteiger partial charge in [0.1, 0.15) is 10.8 Å². The van der Waals surface area contributed by atoms with E-state index in [1.165, 1.54) is 0 Å². The van der Waals surface area contributed by atoms with Gasteiger partial charge < -0.3 is 15.4 Å². The smallest absolute Gasteiger partial charge is 0.262 e. The molecule has 0 saturated heterocycles. The van der Waals surface area contributed by atoms with Gasteiger partial charge in [-0.15, -0.1) is 11.3 Å². The number of fused-ring (bicyclic) bond motifs is 1. The lowest BCUT2D eigenvalue weighted by atomic mass is 10.2. The predicted octanol–water partition coefficient (Wildman–Crippen LogP) is 2.39. The molecule has 1 aliphatic heterocycles. The largest absolute Gasteiger partial charge is 0.482 e. The summed E-state index contributed by atoms with van der Waals surface area (Å²) in [6.07, 6.45) is 0. The quantitative estimate of drug-likeness (QED) is 0.903. The van der Waals surface area contributed by atoms with Gasteiger partial charge >= 0.3 is 0 Å². The molecule has 0 spiro atoms. The average Bonchev–Trinajstić information content (AvgIpc) is 2.82. The Morgan fingerprint density at radius 3 is 3.21 bits per heavy atom. The number of ether oxygens (including phenoxy) is 1. The molecule has 1 aromatic carbocycles. The Balaban J connectivity index is 1.70. The van der Waals surface area contributed by atoms with Gasteiger partial charge in [-0.25, -0.2) is 4.98 Å². The number of carbonyl (C=O) groups is 1. The van der Waals surface area contributed by atoms with Crippen molar-refractivity contribution in [2.24, 2.45) is 0 Å². The second kappa shape index (κ2) is 4.89. The molecule has 0 fully saturated rings. The topological polar surface area (TPSA) is 63.2 Å². The van der Waals surface area contributed by atoms with Crippen LogP contribution in [-0.4, -0.2) is 17.5 Å². The zero-order valence-electron chi connectivity index (χ0n) is 10.4. The minimum atomic E-state index is -0.119. The van der Waals surface area contributed by atoms with Crippen molar-refractivity contribution in [2.75, 3.05) is 17.2 Å². The minimum Gasteiger partial charge on any atom is -0.482 e. The van der Waals surface area contributed by atoms with E-state index < -0.39 is 0 Å². The molecule has 5 nitrogen and oxygen atoms in total. The van der Waals surface area contributed by atoms with E-state index in [9.17, 15) is 4.79 Å². The van der Waals surface area contributed by atoms with Gasteiger partial charge in [-0.2, -0.15) is 0 Å². The van der Waals surface area contributed by atoms with Crippen LogP contribution in [0.25, 0.3) is 0 Å². The van der Waals surface area contributed by atoms with E-state index in [4.69, 9.17) is 4.74 Å². The first-order chi connectivity index (χ1) is 9.20. The van der Waals surface area contributed by atoms with Crippen LogP contribution >= 0.6 is 11.3 Å². The normalized spacial score (nSPS) is 13.4. The van der Waals surface area contributed by atoms with E-state index in [1.54, 1.807) is 11.3 Å². The minimum absolute atomic E-state index is 0.0716. The third kappa shape index (κ3) is 2.68. The Morgan fingerprint density at radius 1 is 1.53 bits per heavy atom. The number of rotatable bonds is 3. The SMILES string of the molecule is Cc1csc(CNc2ccc3c(c2)OCC(=O)N3)n1. The lowest BCUT2D eigenvalue weighted by molar-refractivity contribution is -0.118. The Labute approximate surface area is 114 Å². The molecular weight excluding hydrogens is 262 g/mol. The number of hydrogen-bond acceptors (Lipinski definition) is 5. The molecule has 0 radical (unpaired) electrons. The van der Waals surface area contributed by atoms with Crippen molar-refractivity contribution in [1.29, 1.82) is 0 Å². The molecule has 1 aliphatic rings. The third-order valence-corrected chi connectivity index (χ3v) is 3.69. The van der Waals surface area contributed by atoms with E-state index in [0.29, 0.717) is 18.0 Å². The summed E-state index contributed by atoms with van der Waals surface area (Å²) in [6, 6.07) is 5.63. The molecule has 3 rings (SSSR count). The number of hydrogen-bond donors (Lipinski definition) is 2. The molecule has 0 saturated carbocycles. The summed E-state index contributed by atoms with van der Waals surface area (Å²) in [6.45, 7) is 2.74. The van der Waals surface area contributed by atoms with Gasteiger partial charge in [-0.1, -0.05) is 0 Å². The maximum atomic E-state index is 11.2. The summed E-state index contributed by atoms with van der Waals surface area (Å²) in [5.74, 6) is 0.575. The van der Waals surface area contributed by atoms with E-state index in [0.717, 1.165) is 16.4 Å². The van der Waals surface area contributed by atoms with Crippen LogP contribution < -0.4 is 15.4 Å². The van der Waals surface area contributed by atoms with Crippen molar-refractivity contribution >= 4 is 28.6 Å². The van der Waals surface area contributed by atoms with E-state index in [-0.39, 0.29) is 12.5 Å². The fourth-order valence-electron chi connectivity index (χ4n) is 1.85. The molecule has 0 bridgehead atoms. The first-order valence-corrected chi connectivity index (χ1v) is 6.80. The van der Waals surface area contributed by atoms with Gasteiger partial charge in [0, 0.05) is 22.8 Å². The van der Waals surface area contributed by atoms with Crippen LogP contribution in [0.2, 0.25) is 0 Å². The first-order valence-electron chi connectivity index (χ1n) is 5.92. The summed E-state index contributed by atoms with van der Waals surface area (Å²) in [5, 5.41) is 9.13. The van der Waals surface area contributed by atoms with Crippen molar-refractivity contribution in [3.8, 4) is 5.75 Å². The Morgan fingerprint density at radius 2 is 2.42 bits per heavy atom. The number of anilines is 2. The molecule has 0 atom stereocenters. The molecule has 19 heavy (non-hydrogen) atoms. The second-order valence-electron chi connectivity index (χ2n) is 4.28. The zero-order chi connectivity index (χ0) is 13.2. The molecule has 2 N–H and O–H groups in total. The highest BCUT2D eigenvalue weighted by molar-refractivity contribution is 7.09. The molecular formula is C13H13N3O2S. The van der Waals surface area contributed by atoms with E-state index >= 15 is 0 Å². The fourth-order valence-corrected chi connectivity index (χ4v) is 2.56. The summed E-state index contributed by atoms with van der Waals surface area (Å²) in [7, 11) is 0. The van der Waals surface area contributed by atoms with Gasteiger partial charge in [-0.3, -0.25) is 4.79 Å². The van der Waals surface area contributed by atoms with Gasteiger partial charge in [0.15, 0.2) is 6.61 Å². The van der Waals surface area contributed by atoms with Gasteiger partial charge in [0.2, 0.25) is 0 Å². The van der Waals surface area contributed by atoms with E-state index in [2.05, 4.69) is 15.6 Å². The number of aromatic nitrogens is 1. The van der Waals surface area contributed by atoms with Crippen molar-refractivity contribution in [3.63, 3.8) is 0 Å². The van der Waals surface area contributed by atoms with Crippen LogP contribution in [0, 0.1) is 6.92 Å². The van der Waals surface area contributed by atoms with Crippen LogP contribution in [0.3, 0.4) is 0 Å². The predicted molar refractivity (Wildman–Crippen MR) is 74.7 cm³/mol. The molecule has 1 amide bonds. The van der Waals surface area contributed by atoms with Gasteiger partial charge in [0.25, 0.3) is 5.91 Å². The third-order valence-electron chi connectivity index (χ3n) is 2.72. The average molecular weight is 275 g/mol. The van der Waals surface area contributed by atoms with Crippen LogP contribution in [0.15, 0.2) is 23.6 Å². The van der Waals surface area contributed by atoms with Gasteiger partial charge in [-0.05, 0) is 19.1 Å².